The third kappa shape index (κ3) is 4.18. The van der Waals surface area contributed by atoms with Crippen molar-refractivity contribution < 1.29 is 15.1 Å². The van der Waals surface area contributed by atoms with E-state index in [1.54, 1.807) is 23.1 Å². The summed E-state index contributed by atoms with van der Waals surface area (Å²) in [6.45, 7) is 0.0906. The number of rotatable bonds is 8. The van der Waals surface area contributed by atoms with E-state index in [0.717, 1.165) is 5.69 Å². The zero-order chi connectivity index (χ0) is 16.7. The molecular weight excluding hydrogens is 298 g/mol. The molecule has 0 fully saturated rings. The van der Waals surface area contributed by atoms with Gasteiger partial charge in [0.1, 0.15) is 11.4 Å². The Bertz CT molecular complexity index is 643. The number of nitro groups is 1. The monoisotopic (exact) mass is 317 g/mol. The number of hydrogen-bond donors (Lipinski definition) is 3. The van der Waals surface area contributed by atoms with Crippen LogP contribution in [0.2, 0.25) is 0 Å². The van der Waals surface area contributed by atoms with Crippen LogP contribution in [-0.2, 0) is 0 Å². The van der Waals surface area contributed by atoms with Crippen molar-refractivity contribution >= 4 is 22.7 Å². The molecule has 0 aromatic heterocycles. The minimum absolute atomic E-state index is 0.0850. The van der Waals surface area contributed by atoms with Crippen LogP contribution in [0.3, 0.4) is 0 Å². The number of benzene rings is 2. The minimum Gasteiger partial charge on any atom is -0.395 e. The Hall–Kier alpha value is -2.64. The smallest absolute Gasteiger partial charge is 0.315 e. The summed E-state index contributed by atoms with van der Waals surface area (Å²) in [4.78, 5) is 12.7. The van der Waals surface area contributed by atoms with Crippen LogP contribution in [0, 0.1) is 10.1 Å². The van der Waals surface area contributed by atoms with Gasteiger partial charge in [0.2, 0.25) is 0 Å². The summed E-state index contributed by atoms with van der Waals surface area (Å²) in [6, 6.07) is 14.1. The molecule has 0 spiro atoms. The van der Waals surface area contributed by atoms with E-state index in [2.05, 4.69) is 5.32 Å². The molecule has 0 radical (unpaired) electrons. The van der Waals surface area contributed by atoms with E-state index in [9.17, 15) is 10.1 Å². The molecule has 0 saturated heterocycles. The van der Waals surface area contributed by atoms with Gasteiger partial charge in [-0.1, -0.05) is 24.3 Å². The number of nitrogens with zero attached hydrogens (tertiary/aromatic N) is 2. The summed E-state index contributed by atoms with van der Waals surface area (Å²) in [5.41, 5.74) is 1.38. The van der Waals surface area contributed by atoms with Gasteiger partial charge >= 0.3 is 5.69 Å². The first kappa shape index (κ1) is 16.7. The molecule has 0 bridgehead atoms. The molecule has 0 aliphatic rings. The predicted molar refractivity (Wildman–Crippen MR) is 89.2 cm³/mol. The van der Waals surface area contributed by atoms with Crippen LogP contribution >= 0.6 is 0 Å². The van der Waals surface area contributed by atoms with Crippen LogP contribution < -0.4 is 10.2 Å². The molecule has 2 rings (SSSR count). The number of para-hydroxylation sites is 2. The second-order valence-corrected chi connectivity index (χ2v) is 4.86. The molecule has 23 heavy (non-hydrogen) atoms. The van der Waals surface area contributed by atoms with Crippen LogP contribution in [0.15, 0.2) is 48.5 Å². The lowest BCUT2D eigenvalue weighted by Gasteiger charge is -2.23. The van der Waals surface area contributed by atoms with Crippen LogP contribution in [0.4, 0.5) is 22.7 Å². The van der Waals surface area contributed by atoms with E-state index in [-0.39, 0.29) is 32.0 Å². The lowest BCUT2D eigenvalue weighted by atomic mass is 10.2. The molecule has 2 aromatic rings. The molecule has 0 aliphatic carbocycles. The van der Waals surface area contributed by atoms with Crippen molar-refractivity contribution in [3.63, 3.8) is 0 Å². The first-order valence-corrected chi connectivity index (χ1v) is 7.23. The Labute approximate surface area is 133 Å². The summed E-state index contributed by atoms with van der Waals surface area (Å²) < 4.78 is 0. The lowest BCUT2D eigenvalue weighted by Crippen LogP contribution is -2.30. The number of aliphatic hydroxyl groups excluding tert-OH is 2. The van der Waals surface area contributed by atoms with Gasteiger partial charge < -0.3 is 20.4 Å². The van der Waals surface area contributed by atoms with Gasteiger partial charge in [0.15, 0.2) is 0 Å². The Balaban J connectivity index is 2.43. The highest BCUT2D eigenvalue weighted by molar-refractivity contribution is 5.80. The van der Waals surface area contributed by atoms with Crippen molar-refractivity contribution in [2.45, 2.75) is 0 Å². The summed E-state index contributed by atoms with van der Waals surface area (Å²) in [5.74, 6) is 0. The Kier molecular flexibility index (Phi) is 5.90. The SMILES string of the molecule is O=[N+]([O-])c1c(Nc2ccccc2)cccc1N(CCO)CCO. The standard InChI is InChI=1S/C16H19N3O4/c20-11-9-18(10-12-21)15-8-4-7-14(16(15)19(22)23)17-13-5-2-1-3-6-13/h1-8,17,20-21H,9-12H2. The van der Waals surface area contributed by atoms with Crippen molar-refractivity contribution in [3.8, 4) is 0 Å². The number of anilines is 3. The molecule has 7 heteroatoms. The van der Waals surface area contributed by atoms with E-state index in [1.807, 2.05) is 30.3 Å². The van der Waals surface area contributed by atoms with Crippen LogP contribution in [0.1, 0.15) is 0 Å². The average Bonchev–Trinajstić information content (AvgIpc) is 2.55. The maximum absolute atomic E-state index is 11.6. The highest BCUT2D eigenvalue weighted by Crippen LogP contribution is 2.36. The molecule has 7 nitrogen and oxygen atoms in total. The second-order valence-electron chi connectivity index (χ2n) is 4.86. The largest absolute Gasteiger partial charge is 0.395 e. The molecule has 122 valence electrons. The third-order valence-electron chi connectivity index (χ3n) is 3.33. The summed E-state index contributed by atoms with van der Waals surface area (Å²) >= 11 is 0. The maximum atomic E-state index is 11.6. The highest BCUT2D eigenvalue weighted by atomic mass is 16.6. The molecule has 0 atom stereocenters. The number of nitro benzene ring substituents is 1. The van der Waals surface area contributed by atoms with Crippen LogP contribution in [-0.4, -0.2) is 41.4 Å². The minimum atomic E-state index is -0.456. The molecule has 0 heterocycles. The number of hydrogen-bond acceptors (Lipinski definition) is 6. The zero-order valence-corrected chi connectivity index (χ0v) is 12.6. The van der Waals surface area contributed by atoms with Gasteiger partial charge in [-0.25, -0.2) is 0 Å². The average molecular weight is 317 g/mol. The Morgan fingerprint density at radius 2 is 1.65 bits per heavy atom. The van der Waals surface area contributed by atoms with Gasteiger partial charge in [-0.2, -0.15) is 0 Å². The van der Waals surface area contributed by atoms with Gasteiger partial charge in [-0.3, -0.25) is 10.1 Å². The van der Waals surface area contributed by atoms with Crippen LogP contribution in [0.25, 0.3) is 0 Å². The normalized spacial score (nSPS) is 10.3. The fourth-order valence-corrected chi connectivity index (χ4v) is 2.35. The molecule has 0 amide bonds. The summed E-state index contributed by atoms with van der Waals surface area (Å²) in [5, 5.41) is 32.9. The fraction of sp³-hybridized carbons (Fsp3) is 0.250. The molecule has 0 aliphatic heterocycles. The lowest BCUT2D eigenvalue weighted by molar-refractivity contribution is -0.383. The molecular formula is C16H19N3O4. The molecule has 0 saturated carbocycles. The van der Waals surface area contributed by atoms with Crippen molar-refractivity contribution in [1.82, 2.24) is 0 Å². The van der Waals surface area contributed by atoms with E-state index in [0.29, 0.717) is 11.4 Å². The quantitative estimate of drug-likeness (QED) is 0.509. The van der Waals surface area contributed by atoms with E-state index < -0.39 is 4.92 Å². The summed E-state index contributed by atoms with van der Waals surface area (Å²) in [7, 11) is 0. The maximum Gasteiger partial charge on any atom is 0.315 e. The van der Waals surface area contributed by atoms with Crippen molar-refractivity contribution in [1.29, 1.82) is 0 Å². The van der Waals surface area contributed by atoms with E-state index >= 15 is 0 Å². The van der Waals surface area contributed by atoms with Crippen molar-refractivity contribution in [2.75, 3.05) is 36.5 Å². The first-order chi connectivity index (χ1) is 11.2. The third-order valence-corrected chi connectivity index (χ3v) is 3.33. The number of nitrogens with one attached hydrogen (secondary N) is 1. The first-order valence-electron chi connectivity index (χ1n) is 7.23. The van der Waals surface area contributed by atoms with Gasteiger partial charge in [0, 0.05) is 18.8 Å². The Morgan fingerprint density at radius 1 is 1.00 bits per heavy atom. The van der Waals surface area contributed by atoms with Gasteiger partial charge in [0.25, 0.3) is 0 Å². The van der Waals surface area contributed by atoms with Gasteiger partial charge in [-0.05, 0) is 24.3 Å². The highest BCUT2D eigenvalue weighted by Gasteiger charge is 2.23. The van der Waals surface area contributed by atoms with Crippen molar-refractivity contribution in [3.05, 3.63) is 58.6 Å². The molecule has 0 unspecified atom stereocenters. The number of aliphatic hydroxyl groups is 2. The van der Waals surface area contributed by atoms with Crippen LogP contribution in [0.5, 0.6) is 0 Å². The molecule has 2 aromatic carbocycles. The summed E-state index contributed by atoms with van der Waals surface area (Å²) in [6.07, 6.45) is 0. The van der Waals surface area contributed by atoms with Gasteiger partial charge in [-0.15, -0.1) is 0 Å². The topological polar surface area (TPSA) is 98.9 Å². The Morgan fingerprint density at radius 3 is 2.22 bits per heavy atom. The second kappa shape index (κ2) is 8.11. The van der Waals surface area contributed by atoms with Crippen molar-refractivity contribution in [2.24, 2.45) is 0 Å². The molecule has 3 N–H and O–H groups in total. The predicted octanol–water partition coefficient (Wildman–Crippen LogP) is 2.13. The van der Waals surface area contributed by atoms with E-state index in [4.69, 9.17) is 10.2 Å². The fourth-order valence-electron chi connectivity index (χ4n) is 2.35. The zero-order valence-electron chi connectivity index (χ0n) is 12.6. The van der Waals surface area contributed by atoms with E-state index in [1.165, 1.54) is 0 Å². The van der Waals surface area contributed by atoms with Gasteiger partial charge in [0.05, 0.1) is 18.1 Å².